The fourth-order valence-corrected chi connectivity index (χ4v) is 5.89. The molecule has 6 rings (SSSR count). The van der Waals surface area contributed by atoms with E-state index in [1.165, 1.54) is 6.07 Å². The van der Waals surface area contributed by atoms with E-state index in [4.69, 9.17) is 15.4 Å². The minimum atomic E-state index is -0.242. The molecule has 9 nitrogen and oxygen atoms in total. The number of hydrogen-bond donors (Lipinski definition) is 4. The van der Waals surface area contributed by atoms with Crippen LogP contribution < -0.4 is 15.5 Å². The molecule has 3 aromatic rings. The Labute approximate surface area is 245 Å². The van der Waals surface area contributed by atoms with Crippen molar-refractivity contribution in [2.75, 3.05) is 50.8 Å². The Hall–Kier alpha value is -4.28. The second-order valence-corrected chi connectivity index (χ2v) is 10.8. The largest absolute Gasteiger partial charge is 0.395 e. The average molecular weight is 569 g/mol. The number of nitrogens with zero attached hydrogens (tertiary/aromatic N) is 5. The van der Waals surface area contributed by atoms with Gasteiger partial charge in [-0.15, -0.1) is 0 Å². The maximum atomic E-state index is 13.8. The summed E-state index contributed by atoms with van der Waals surface area (Å²) < 4.78 is 13.8. The number of rotatable bonds is 8. The van der Waals surface area contributed by atoms with Gasteiger partial charge in [0.05, 0.1) is 35.4 Å². The van der Waals surface area contributed by atoms with Crippen LogP contribution in [0.3, 0.4) is 0 Å². The zero-order valence-electron chi connectivity index (χ0n) is 23.6. The molecule has 0 spiro atoms. The molecule has 2 atom stereocenters. The maximum absolute atomic E-state index is 13.8. The molecule has 0 radical (unpaired) electrons. The molecule has 218 valence electrons. The first-order valence-corrected chi connectivity index (χ1v) is 14.6. The van der Waals surface area contributed by atoms with Gasteiger partial charge in [0.2, 0.25) is 0 Å². The van der Waals surface area contributed by atoms with Crippen molar-refractivity contribution in [3.8, 4) is 11.4 Å². The van der Waals surface area contributed by atoms with Crippen molar-refractivity contribution in [3.05, 3.63) is 96.1 Å². The number of benzene rings is 1. The van der Waals surface area contributed by atoms with Gasteiger partial charge >= 0.3 is 0 Å². The number of aromatic nitrogens is 2. The quantitative estimate of drug-likeness (QED) is 0.242. The number of pyridine rings is 2. The molecule has 0 bridgehead atoms. The van der Waals surface area contributed by atoms with E-state index in [0.717, 1.165) is 79.7 Å². The third-order valence-corrected chi connectivity index (χ3v) is 8.09. The number of aliphatic hydroxyl groups excluding tert-OH is 1. The molecule has 5 heterocycles. The molecular weight excluding hydrogens is 531 g/mol. The molecule has 3 aliphatic rings. The molecule has 42 heavy (non-hydrogen) atoms. The minimum Gasteiger partial charge on any atom is -0.395 e. The Bertz CT molecular complexity index is 1470. The molecule has 3 aliphatic heterocycles. The summed E-state index contributed by atoms with van der Waals surface area (Å²) in [5.74, 6) is 1.11. The molecule has 0 aliphatic carbocycles. The number of anilines is 1. The monoisotopic (exact) mass is 568 g/mol. The van der Waals surface area contributed by atoms with Gasteiger partial charge in [-0.3, -0.25) is 10.3 Å². The van der Waals surface area contributed by atoms with Crippen LogP contribution in [-0.4, -0.2) is 82.8 Å². The van der Waals surface area contributed by atoms with Gasteiger partial charge in [0, 0.05) is 45.5 Å². The smallest absolute Gasteiger partial charge is 0.129 e. The molecule has 1 aromatic carbocycles. The van der Waals surface area contributed by atoms with E-state index in [0.29, 0.717) is 12.4 Å². The highest BCUT2D eigenvalue weighted by Gasteiger charge is 2.27. The summed E-state index contributed by atoms with van der Waals surface area (Å²) >= 11 is 0. The molecule has 2 saturated heterocycles. The van der Waals surface area contributed by atoms with E-state index in [2.05, 4.69) is 20.4 Å². The number of likely N-dealkylation sites (tertiary alicyclic amines) is 1. The van der Waals surface area contributed by atoms with Crippen LogP contribution in [0.15, 0.2) is 79.0 Å². The summed E-state index contributed by atoms with van der Waals surface area (Å²) in [5.41, 5.74) is 4.21. The number of aliphatic hydroxyl groups is 1. The predicted molar refractivity (Wildman–Crippen MR) is 163 cm³/mol. The third-order valence-electron chi connectivity index (χ3n) is 8.09. The van der Waals surface area contributed by atoms with Crippen molar-refractivity contribution in [2.45, 2.75) is 25.0 Å². The van der Waals surface area contributed by atoms with Crippen LogP contribution in [0.4, 0.5) is 10.2 Å². The van der Waals surface area contributed by atoms with Gasteiger partial charge in [-0.1, -0.05) is 24.3 Å². The molecule has 2 fully saturated rings. The van der Waals surface area contributed by atoms with Crippen molar-refractivity contribution < 1.29 is 9.50 Å². The zero-order chi connectivity index (χ0) is 28.9. The Morgan fingerprint density at radius 1 is 0.976 bits per heavy atom. The Balaban J connectivity index is 1.08. The Morgan fingerprint density at radius 2 is 1.74 bits per heavy atom. The molecular formula is C32H37FN8O. The summed E-state index contributed by atoms with van der Waals surface area (Å²) in [7, 11) is 0. The first-order valence-electron chi connectivity index (χ1n) is 14.6. The van der Waals surface area contributed by atoms with E-state index in [9.17, 15) is 9.50 Å². The zero-order valence-corrected chi connectivity index (χ0v) is 23.6. The molecule has 4 N–H and O–H groups in total. The summed E-state index contributed by atoms with van der Waals surface area (Å²) in [4.78, 5) is 16.4. The third kappa shape index (κ3) is 6.29. The second kappa shape index (κ2) is 12.7. The number of hydrogen-bond acceptors (Lipinski definition) is 8. The molecule has 0 saturated carbocycles. The molecule has 0 amide bonds. The number of nitrogens with one attached hydrogen (secondary N) is 3. The highest BCUT2D eigenvalue weighted by Crippen LogP contribution is 2.32. The van der Waals surface area contributed by atoms with Crippen LogP contribution in [0.2, 0.25) is 0 Å². The highest BCUT2D eigenvalue weighted by molar-refractivity contribution is 5.91. The Kier molecular flexibility index (Phi) is 8.43. The van der Waals surface area contributed by atoms with Gasteiger partial charge in [-0.2, -0.15) is 0 Å². The average Bonchev–Trinajstić information content (AvgIpc) is 3.71. The fourth-order valence-electron chi connectivity index (χ4n) is 5.89. The number of amidine groups is 1. The lowest BCUT2D eigenvalue weighted by Crippen LogP contribution is -2.47. The topological polar surface area (TPSA) is 104 Å². The standard InChI is InChI=1S/C32H37FN8O/c33-24-6-1-5-23(21-24)29-10-4-14-41(29)30(34)12-13-31-35-22-28(37-31)27-8-2-7-25(36-27)26-9-3-11-32(38-26)40-17-15-39(16-18-40)19-20-42/h1-3,5-9,11-13,21-22,29,31,34-35,37,42H,4,10,14-20H2/b13-12-,34-30?/t29-,31?/m1/s1. The lowest BCUT2D eigenvalue weighted by atomic mass is 10.0. The highest BCUT2D eigenvalue weighted by atomic mass is 19.1. The summed E-state index contributed by atoms with van der Waals surface area (Å²) in [5, 5.41) is 24.7. The number of piperazine rings is 1. The van der Waals surface area contributed by atoms with Crippen LogP contribution in [0.5, 0.6) is 0 Å². The SMILES string of the molecule is N=C(/C=C\C1NC=C(c2cccc(-c3cccc(N4CCN(CCO)CC4)n3)n2)N1)N1CCC[C@@H]1c1cccc(F)c1. The lowest BCUT2D eigenvalue weighted by Gasteiger charge is -2.35. The van der Waals surface area contributed by atoms with Crippen LogP contribution in [-0.2, 0) is 0 Å². The van der Waals surface area contributed by atoms with Crippen molar-refractivity contribution >= 4 is 17.4 Å². The molecule has 1 unspecified atom stereocenters. The van der Waals surface area contributed by atoms with Crippen molar-refractivity contribution in [2.24, 2.45) is 0 Å². The van der Waals surface area contributed by atoms with Gasteiger partial charge in [-0.25, -0.2) is 14.4 Å². The number of halogens is 1. The lowest BCUT2D eigenvalue weighted by molar-refractivity contribution is 0.188. The first-order chi connectivity index (χ1) is 20.6. The van der Waals surface area contributed by atoms with Crippen LogP contribution in [0, 0.1) is 11.2 Å². The number of β-amino-alcohol motifs (C(OH)–C–C–N with tert-alkyl or cyclic N) is 1. The normalized spacial score (nSPS) is 21.0. The van der Waals surface area contributed by atoms with Crippen molar-refractivity contribution in [1.82, 2.24) is 30.4 Å². The second-order valence-electron chi connectivity index (χ2n) is 10.8. The predicted octanol–water partition coefficient (Wildman–Crippen LogP) is 3.58. The van der Waals surface area contributed by atoms with Crippen LogP contribution >= 0.6 is 0 Å². The summed E-state index contributed by atoms with van der Waals surface area (Å²) in [6.07, 6.45) is 7.36. The van der Waals surface area contributed by atoms with Crippen LogP contribution in [0.25, 0.3) is 17.1 Å². The Morgan fingerprint density at radius 3 is 2.55 bits per heavy atom. The van der Waals surface area contributed by atoms with E-state index in [1.54, 1.807) is 12.1 Å². The molecule has 10 heteroatoms. The van der Waals surface area contributed by atoms with Crippen molar-refractivity contribution in [1.29, 1.82) is 5.41 Å². The van der Waals surface area contributed by atoms with Gasteiger partial charge in [0.25, 0.3) is 0 Å². The van der Waals surface area contributed by atoms with Gasteiger partial charge in [0.15, 0.2) is 0 Å². The van der Waals surface area contributed by atoms with E-state index < -0.39 is 0 Å². The molecule has 2 aromatic heterocycles. The van der Waals surface area contributed by atoms with E-state index >= 15 is 0 Å². The summed E-state index contributed by atoms with van der Waals surface area (Å²) in [6.45, 7) is 5.26. The maximum Gasteiger partial charge on any atom is 0.129 e. The fraction of sp³-hybridized carbons (Fsp3) is 0.344. The summed E-state index contributed by atoms with van der Waals surface area (Å²) in [6, 6.07) is 18.7. The van der Waals surface area contributed by atoms with Gasteiger partial charge in [-0.05, 0) is 67.0 Å². The minimum absolute atomic E-state index is 0.0194. The van der Waals surface area contributed by atoms with Gasteiger partial charge < -0.3 is 25.5 Å². The van der Waals surface area contributed by atoms with E-state index in [1.807, 2.05) is 65.7 Å². The first kappa shape index (κ1) is 27.9. The van der Waals surface area contributed by atoms with Crippen molar-refractivity contribution in [3.63, 3.8) is 0 Å². The van der Waals surface area contributed by atoms with E-state index in [-0.39, 0.29) is 24.6 Å². The van der Waals surface area contributed by atoms with Gasteiger partial charge in [0.1, 0.15) is 23.6 Å². The van der Waals surface area contributed by atoms with Crippen LogP contribution in [0.1, 0.15) is 30.1 Å².